The molecule has 0 N–H and O–H groups in total. The Morgan fingerprint density at radius 2 is 1.81 bits per heavy atom. The maximum Gasteiger partial charge on any atom is 0.348 e. The smallest absolute Gasteiger partial charge is 0.348 e. The second kappa shape index (κ2) is 7.92. The van der Waals surface area contributed by atoms with E-state index in [1.165, 1.54) is 19.9 Å². The monoisotopic (exact) mass is 438 g/mol. The second-order valence-electron chi connectivity index (χ2n) is 7.02. The van der Waals surface area contributed by atoms with Crippen molar-refractivity contribution in [3.8, 4) is 11.5 Å². The van der Waals surface area contributed by atoms with Crippen molar-refractivity contribution in [2.75, 3.05) is 6.61 Å². The quantitative estimate of drug-likeness (QED) is 0.385. The molecule has 2 fully saturated rings. The van der Waals surface area contributed by atoms with Gasteiger partial charge in [-0.1, -0.05) is 0 Å². The number of esters is 2. The summed E-state index contributed by atoms with van der Waals surface area (Å²) in [6.45, 7) is 5.37. The Bertz CT molecular complexity index is 755. The molecule has 146 valence electrons. The molecule has 1 aliphatic carbocycles. The van der Waals surface area contributed by atoms with Crippen LogP contribution in [0.25, 0.3) is 6.08 Å². The highest BCUT2D eigenvalue weighted by Crippen LogP contribution is 2.40. The molecule has 1 heterocycles. The first kappa shape index (κ1) is 19.7. The molecule has 3 rings (SSSR count). The average molecular weight is 439 g/mol. The van der Waals surface area contributed by atoms with E-state index in [4.69, 9.17) is 18.9 Å². The van der Waals surface area contributed by atoms with Gasteiger partial charge in [0.15, 0.2) is 11.5 Å². The summed E-state index contributed by atoms with van der Waals surface area (Å²) in [5.74, 6) is -1.49. The molecule has 1 aliphatic heterocycles. The lowest BCUT2D eigenvalue weighted by Gasteiger charge is -2.29. The van der Waals surface area contributed by atoms with Gasteiger partial charge in [0.2, 0.25) is 0 Å². The van der Waals surface area contributed by atoms with Gasteiger partial charge < -0.3 is 18.9 Å². The van der Waals surface area contributed by atoms with Crippen LogP contribution in [0.1, 0.15) is 52.0 Å². The lowest BCUT2D eigenvalue weighted by atomic mass is 10.1. The summed E-state index contributed by atoms with van der Waals surface area (Å²) in [5.41, 5.74) is 0.445. The zero-order valence-electron chi connectivity index (χ0n) is 15.7. The number of benzene rings is 1. The average Bonchev–Trinajstić information content (AvgIpc) is 3.07. The third kappa shape index (κ3) is 4.64. The normalized spacial score (nSPS) is 19.5. The van der Waals surface area contributed by atoms with Crippen molar-refractivity contribution < 1.29 is 28.5 Å². The molecule has 0 radical (unpaired) electrons. The number of carbonyl (C=O) groups is 2. The highest BCUT2D eigenvalue weighted by Gasteiger charge is 2.38. The summed E-state index contributed by atoms with van der Waals surface area (Å²) >= 11 is 3.52. The summed E-state index contributed by atoms with van der Waals surface area (Å²) in [7, 11) is 0. The van der Waals surface area contributed by atoms with Crippen LogP contribution < -0.4 is 9.47 Å². The lowest BCUT2D eigenvalue weighted by Crippen LogP contribution is -2.41. The van der Waals surface area contributed by atoms with Crippen LogP contribution in [0.5, 0.6) is 11.5 Å². The number of carbonyl (C=O) groups excluding carboxylic acids is 2. The van der Waals surface area contributed by atoms with Gasteiger partial charge in [0.05, 0.1) is 17.2 Å². The highest BCUT2D eigenvalue weighted by molar-refractivity contribution is 9.10. The van der Waals surface area contributed by atoms with Crippen LogP contribution in [0.3, 0.4) is 0 Å². The van der Waals surface area contributed by atoms with Gasteiger partial charge in [-0.15, -0.1) is 0 Å². The molecule has 7 heteroatoms. The number of hydrogen-bond acceptors (Lipinski definition) is 6. The Hall–Kier alpha value is -2.02. The zero-order chi connectivity index (χ0) is 19.6. The third-order valence-corrected chi connectivity index (χ3v) is 4.94. The first-order valence-electron chi connectivity index (χ1n) is 9.10. The van der Waals surface area contributed by atoms with E-state index in [9.17, 15) is 9.59 Å². The van der Waals surface area contributed by atoms with E-state index >= 15 is 0 Å². The van der Waals surface area contributed by atoms with Gasteiger partial charge in [0.25, 0.3) is 5.79 Å². The Morgan fingerprint density at radius 3 is 2.41 bits per heavy atom. The van der Waals surface area contributed by atoms with Crippen molar-refractivity contribution in [1.82, 2.24) is 0 Å². The summed E-state index contributed by atoms with van der Waals surface area (Å²) < 4.78 is 22.8. The maximum atomic E-state index is 12.2. The summed E-state index contributed by atoms with van der Waals surface area (Å²) in [5, 5.41) is 0. The first-order valence-corrected chi connectivity index (χ1v) is 9.90. The SMILES string of the molecule is CCOc1cc(C=C2C(=O)OC(C)(C)OC2=O)cc(Br)c1OC1CCCC1. The first-order chi connectivity index (χ1) is 12.8. The van der Waals surface area contributed by atoms with Crippen LogP contribution in [0.15, 0.2) is 22.2 Å². The molecule has 0 atom stereocenters. The maximum absolute atomic E-state index is 12.2. The Kier molecular flexibility index (Phi) is 5.79. The van der Waals surface area contributed by atoms with Crippen LogP contribution >= 0.6 is 15.9 Å². The van der Waals surface area contributed by atoms with Gasteiger partial charge in [-0.05, 0) is 72.3 Å². The third-order valence-electron chi connectivity index (χ3n) is 4.35. The Morgan fingerprint density at radius 1 is 1.19 bits per heavy atom. The molecule has 0 spiro atoms. The molecule has 0 bridgehead atoms. The number of hydrogen-bond donors (Lipinski definition) is 0. The Labute approximate surface area is 166 Å². The van der Waals surface area contributed by atoms with Crippen LogP contribution in [-0.4, -0.2) is 30.4 Å². The fourth-order valence-electron chi connectivity index (χ4n) is 3.17. The molecular weight excluding hydrogens is 416 g/mol. The van der Waals surface area contributed by atoms with E-state index in [0.29, 0.717) is 28.1 Å². The minimum atomic E-state index is -1.26. The largest absolute Gasteiger partial charge is 0.490 e. The predicted molar refractivity (Wildman–Crippen MR) is 102 cm³/mol. The second-order valence-corrected chi connectivity index (χ2v) is 7.88. The zero-order valence-corrected chi connectivity index (χ0v) is 17.3. The van der Waals surface area contributed by atoms with E-state index < -0.39 is 17.7 Å². The molecule has 6 nitrogen and oxygen atoms in total. The van der Waals surface area contributed by atoms with Crippen molar-refractivity contribution in [1.29, 1.82) is 0 Å². The molecular formula is C20H23BrO6. The number of rotatable bonds is 5. The van der Waals surface area contributed by atoms with Gasteiger partial charge in [0, 0.05) is 13.8 Å². The molecule has 1 saturated carbocycles. The highest BCUT2D eigenvalue weighted by atomic mass is 79.9. The van der Waals surface area contributed by atoms with Crippen molar-refractivity contribution in [3.63, 3.8) is 0 Å². The molecule has 2 aliphatic rings. The van der Waals surface area contributed by atoms with Gasteiger partial charge >= 0.3 is 11.9 Å². The van der Waals surface area contributed by atoms with Crippen molar-refractivity contribution >= 4 is 33.9 Å². The fraction of sp³-hybridized carbons (Fsp3) is 0.500. The topological polar surface area (TPSA) is 71.1 Å². The molecule has 0 aromatic heterocycles. The van der Waals surface area contributed by atoms with Crippen LogP contribution in [-0.2, 0) is 19.1 Å². The van der Waals surface area contributed by atoms with E-state index in [1.54, 1.807) is 12.1 Å². The predicted octanol–water partition coefficient (Wildman–Crippen LogP) is 4.39. The van der Waals surface area contributed by atoms with Gasteiger partial charge in [-0.2, -0.15) is 0 Å². The van der Waals surface area contributed by atoms with E-state index in [0.717, 1.165) is 25.7 Å². The van der Waals surface area contributed by atoms with Crippen molar-refractivity contribution in [2.24, 2.45) is 0 Å². The molecule has 1 aromatic rings. The lowest BCUT2D eigenvalue weighted by molar-refractivity contribution is -0.222. The van der Waals surface area contributed by atoms with Crippen LogP contribution in [0, 0.1) is 0 Å². The number of halogens is 1. The standard InChI is InChI=1S/C20H23BrO6/c1-4-24-16-11-12(9-14-18(22)26-20(2,3)27-19(14)23)10-15(21)17(16)25-13-7-5-6-8-13/h9-11,13H,4-8H2,1-3H3. The molecule has 27 heavy (non-hydrogen) atoms. The summed E-state index contributed by atoms with van der Waals surface area (Å²) in [4.78, 5) is 24.3. The summed E-state index contributed by atoms with van der Waals surface area (Å²) in [6, 6.07) is 3.52. The minimum absolute atomic E-state index is 0.159. The molecule has 1 aromatic carbocycles. The van der Waals surface area contributed by atoms with Crippen LogP contribution in [0.4, 0.5) is 0 Å². The van der Waals surface area contributed by atoms with Crippen molar-refractivity contribution in [2.45, 2.75) is 58.3 Å². The van der Waals surface area contributed by atoms with E-state index in [1.807, 2.05) is 6.92 Å². The molecule has 0 amide bonds. The van der Waals surface area contributed by atoms with Gasteiger partial charge in [-0.25, -0.2) is 9.59 Å². The van der Waals surface area contributed by atoms with Gasteiger partial charge in [-0.3, -0.25) is 0 Å². The van der Waals surface area contributed by atoms with Gasteiger partial charge in [0.1, 0.15) is 5.57 Å². The minimum Gasteiger partial charge on any atom is -0.490 e. The number of cyclic esters (lactones) is 2. The van der Waals surface area contributed by atoms with E-state index in [-0.39, 0.29) is 11.7 Å². The van der Waals surface area contributed by atoms with Crippen molar-refractivity contribution in [3.05, 3.63) is 27.7 Å². The van der Waals surface area contributed by atoms with Crippen LogP contribution in [0.2, 0.25) is 0 Å². The number of ether oxygens (including phenoxy) is 4. The van der Waals surface area contributed by atoms with E-state index in [2.05, 4.69) is 15.9 Å². The summed E-state index contributed by atoms with van der Waals surface area (Å²) in [6.07, 6.45) is 5.99. The fourth-order valence-corrected chi connectivity index (χ4v) is 3.72. The molecule has 1 saturated heterocycles. The molecule has 0 unspecified atom stereocenters. The Balaban J connectivity index is 1.92.